The number of pyridine rings is 1. The maximum Gasteiger partial charge on any atom is 0.260 e. The molecule has 0 aliphatic heterocycles. The zero-order valence-corrected chi connectivity index (χ0v) is 12.7. The van der Waals surface area contributed by atoms with Gasteiger partial charge in [0.2, 0.25) is 0 Å². The van der Waals surface area contributed by atoms with E-state index < -0.39 is 23.1 Å². The molecule has 0 radical (unpaired) electrons. The van der Waals surface area contributed by atoms with Crippen molar-refractivity contribution in [3.05, 3.63) is 89.6 Å². The van der Waals surface area contributed by atoms with Crippen molar-refractivity contribution < 1.29 is 18.0 Å². The Morgan fingerprint density at radius 3 is 2.46 bits per heavy atom. The molecule has 1 amide bonds. The number of hydrogen-bond donors (Lipinski definition) is 0. The Hall–Kier alpha value is -3.02. The monoisotopic (exact) mass is 328 g/mol. The SMILES string of the molecule is O=C(c1c(F)cccc1F)N(Cc1cccnc1)Cc1ccco1. The molecule has 4 nitrogen and oxygen atoms in total. The van der Waals surface area contributed by atoms with Gasteiger partial charge in [-0.25, -0.2) is 8.78 Å². The van der Waals surface area contributed by atoms with Crippen LogP contribution >= 0.6 is 0 Å². The van der Waals surface area contributed by atoms with Crippen LogP contribution in [0, 0.1) is 11.6 Å². The van der Waals surface area contributed by atoms with Gasteiger partial charge in [0.15, 0.2) is 0 Å². The largest absolute Gasteiger partial charge is 0.467 e. The number of benzene rings is 1. The van der Waals surface area contributed by atoms with E-state index in [1.165, 1.54) is 17.2 Å². The van der Waals surface area contributed by atoms with E-state index in [4.69, 9.17) is 4.42 Å². The van der Waals surface area contributed by atoms with Crippen molar-refractivity contribution in [3.63, 3.8) is 0 Å². The third-order valence-electron chi connectivity index (χ3n) is 3.49. The normalized spacial score (nSPS) is 10.6. The Morgan fingerprint density at radius 1 is 1.04 bits per heavy atom. The van der Waals surface area contributed by atoms with Gasteiger partial charge >= 0.3 is 0 Å². The topological polar surface area (TPSA) is 46.3 Å². The Balaban J connectivity index is 1.92. The molecule has 2 heterocycles. The molecule has 122 valence electrons. The molecule has 0 atom stereocenters. The van der Waals surface area contributed by atoms with Crippen LogP contribution in [0.2, 0.25) is 0 Å². The summed E-state index contributed by atoms with van der Waals surface area (Å²) in [6.07, 6.45) is 4.69. The molecule has 6 heteroatoms. The maximum atomic E-state index is 14.0. The highest BCUT2D eigenvalue weighted by molar-refractivity contribution is 5.94. The van der Waals surface area contributed by atoms with Crippen LogP contribution < -0.4 is 0 Å². The molecular weight excluding hydrogens is 314 g/mol. The first-order valence-corrected chi connectivity index (χ1v) is 7.29. The smallest absolute Gasteiger partial charge is 0.260 e. The van der Waals surface area contributed by atoms with Crippen molar-refractivity contribution in [1.82, 2.24) is 9.88 Å². The van der Waals surface area contributed by atoms with E-state index in [2.05, 4.69) is 4.98 Å². The zero-order chi connectivity index (χ0) is 16.9. The third-order valence-corrected chi connectivity index (χ3v) is 3.49. The van der Waals surface area contributed by atoms with Crippen molar-refractivity contribution in [3.8, 4) is 0 Å². The first-order chi connectivity index (χ1) is 11.6. The average molecular weight is 328 g/mol. The van der Waals surface area contributed by atoms with E-state index in [-0.39, 0.29) is 13.1 Å². The fraction of sp³-hybridized carbons (Fsp3) is 0.111. The summed E-state index contributed by atoms with van der Waals surface area (Å²) in [6, 6.07) is 10.2. The molecule has 24 heavy (non-hydrogen) atoms. The molecule has 1 aromatic carbocycles. The van der Waals surface area contributed by atoms with Gasteiger partial charge in [-0.15, -0.1) is 0 Å². The summed E-state index contributed by atoms with van der Waals surface area (Å²) < 4.78 is 33.2. The van der Waals surface area contributed by atoms with Gasteiger partial charge in [-0.3, -0.25) is 9.78 Å². The maximum absolute atomic E-state index is 14.0. The number of amides is 1. The summed E-state index contributed by atoms with van der Waals surface area (Å²) in [5, 5.41) is 0. The highest BCUT2D eigenvalue weighted by atomic mass is 19.1. The molecule has 0 saturated carbocycles. The molecule has 0 aliphatic carbocycles. The third kappa shape index (κ3) is 3.48. The molecular formula is C18H14F2N2O2. The molecule has 3 rings (SSSR count). The highest BCUT2D eigenvalue weighted by Gasteiger charge is 2.24. The summed E-state index contributed by atoms with van der Waals surface area (Å²) in [5.74, 6) is -2.01. The Morgan fingerprint density at radius 2 is 1.83 bits per heavy atom. The number of aromatic nitrogens is 1. The lowest BCUT2D eigenvalue weighted by Gasteiger charge is -2.22. The number of furan rings is 1. The summed E-state index contributed by atoms with van der Waals surface area (Å²) >= 11 is 0. The van der Waals surface area contributed by atoms with Gasteiger partial charge in [0.05, 0.1) is 12.8 Å². The summed E-state index contributed by atoms with van der Waals surface area (Å²) in [5.41, 5.74) is 0.169. The zero-order valence-electron chi connectivity index (χ0n) is 12.7. The van der Waals surface area contributed by atoms with Crippen LogP contribution in [-0.4, -0.2) is 15.8 Å². The molecule has 0 bridgehead atoms. The number of nitrogens with zero attached hydrogens (tertiary/aromatic N) is 2. The second-order valence-electron chi connectivity index (χ2n) is 5.20. The van der Waals surface area contributed by atoms with Gasteiger partial charge in [-0.2, -0.15) is 0 Å². The minimum absolute atomic E-state index is 0.0918. The second-order valence-corrected chi connectivity index (χ2v) is 5.20. The van der Waals surface area contributed by atoms with Crippen LogP contribution in [0.15, 0.2) is 65.5 Å². The van der Waals surface area contributed by atoms with Crippen molar-refractivity contribution in [2.24, 2.45) is 0 Å². The van der Waals surface area contributed by atoms with E-state index in [9.17, 15) is 13.6 Å². The van der Waals surface area contributed by atoms with Crippen LogP contribution in [-0.2, 0) is 13.1 Å². The highest BCUT2D eigenvalue weighted by Crippen LogP contribution is 2.18. The minimum atomic E-state index is -0.893. The average Bonchev–Trinajstić information content (AvgIpc) is 3.08. The predicted molar refractivity (Wildman–Crippen MR) is 82.9 cm³/mol. The number of carbonyl (C=O) groups excluding carboxylic acids is 1. The molecule has 3 aromatic rings. The number of halogens is 2. The van der Waals surface area contributed by atoms with E-state index in [0.29, 0.717) is 5.76 Å². The van der Waals surface area contributed by atoms with Gasteiger partial charge in [-0.1, -0.05) is 12.1 Å². The predicted octanol–water partition coefficient (Wildman–Crippen LogP) is 3.80. The van der Waals surface area contributed by atoms with Crippen molar-refractivity contribution in [1.29, 1.82) is 0 Å². The van der Waals surface area contributed by atoms with Gasteiger partial charge in [0.25, 0.3) is 5.91 Å². The summed E-state index contributed by atoms with van der Waals surface area (Å²) in [4.78, 5) is 18.0. The number of carbonyl (C=O) groups is 1. The Labute approximate surface area is 137 Å². The molecule has 0 fully saturated rings. The standard InChI is InChI=1S/C18H14F2N2O2/c19-15-6-1-7-16(20)17(15)18(23)22(12-14-5-3-9-24-14)11-13-4-2-8-21-10-13/h1-10H,11-12H2. The van der Waals surface area contributed by atoms with Crippen molar-refractivity contribution in [2.75, 3.05) is 0 Å². The van der Waals surface area contributed by atoms with Crippen LogP contribution in [0.1, 0.15) is 21.7 Å². The van der Waals surface area contributed by atoms with Gasteiger partial charge in [0, 0.05) is 18.9 Å². The molecule has 0 spiro atoms. The first-order valence-electron chi connectivity index (χ1n) is 7.29. The van der Waals surface area contributed by atoms with Crippen LogP contribution in [0.5, 0.6) is 0 Å². The lowest BCUT2D eigenvalue weighted by atomic mass is 10.1. The second kappa shape index (κ2) is 7.04. The van der Waals surface area contributed by atoms with Crippen LogP contribution in [0.25, 0.3) is 0 Å². The Kier molecular flexibility index (Phi) is 4.65. The fourth-order valence-electron chi connectivity index (χ4n) is 2.36. The fourth-order valence-corrected chi connectivity index (χ4v) is 2.36. The van der Waals surface area contributed by atoms with E-state index in [1.807, 2.05) is 0 Å². The van der Waals surface area contributed by atoms with E-state index in [0.717, 1.165) is 17.7 Å². The molecule has 0 aliphatic rings. The molecule has 2 aromatic heterocycles. The van der Waals surface area contributed by atoms with E-state index in [1.54, 1.807) is 36.7 Å². The van der Waals surface area contributed by atoms with E-state index >= 15 is 0 Å². The van der Waals surface area contributed by atoms with Gasteiger partial charge < -0.3 is 9.32 Å². The first kappa shape index (κ1) is 15.9. The van der Waals surface area contributed by atoms with Gasteiger partial charge in [0.1, 0.15) is 23.0 Å². The van der Waals surface area contributed by atoms with Crippen molar-refractivity contribution >= 4 is 5.91 Å². The molecule has 0 unspecified atom stereocenters. The van der Waals surface area contributed by atoms with Crippen molar-refractivity contribution in [2.45, 2.75) is 13.1 Å². The lowest BCUT2D eigenvalue weighted by molar-refractivity contribution is 0.0707. The number of rotatable bonds is 5. The summed E-state index contributed by atoms with van der Waals surface area (Å²) in [6.45, 7) is 0.246. The molecule has 0 saturated heterocycles. The summed E-state index contributed by atoms with van der Waals surface area (Å²) in [7, 11) is 0. The minimum Gasteiger partial charge on any atom is -0.467 e. The lowest BCUT2D eigenvalue weighted by Crippen LogP contribution is -2.31. The quantitative estimate of drug-likeness (QED) is 0.716. The number of hydrogen-bond acceptors (Lipinski definition) is 3. The molecule has 0 N–H and O–H groups in total. The Bertz CT molecular complexity index is 800. The van der Waals surface area contributed by atoms with Gasteiger partial charge in [-0.05, 0) is 35.9 Å². The van der Waals surface area contributed by atoms with Crippen LogP contribution in [0.4, 0.5) is 8.78 Å². The van der Waals surface area contributed by atoms with Crippen LogP contribution in [0.3, 0.4) is 0 Å².